The van der Waals surface area contributed by atoms with Crippen LogP contribution >= 0.6 is 11.3 Å². The fourth-order valence-electron chi connectivity index (χ4n) is 3.50. The molecule has 8 heteroatoms. The van der Waals surface area contributed by atoms with Gasteiger partial charge in [-0.1, -0.05) is 29.4 Å². The number of hydrogen-bond acceptors (Lipinski definition) is 7. The average Bonchev–Trinajstić information content (AvgIpc) is 3.41. The Balaban J connectivity index is 1.60. The monoisotopic (exact) mass is 379 g/mol. The SMILES string of the molecule is Cc1c(-c2nc(-c3ccc(CN)cc3)no2)sc2nc3n(c(=O)c12)CCC3. The molecule has 0 unspecified atom stereocenters. The highest BCUT2D eigenvalue weighted by molar-refractivity contribution is 7.22. The van der Waals surface area contributed by atoms with Gasteiger partial charge in [-0.2, -0.15) is 4.98 Å². The van der Waals surface area contributed by atoms with E-state index in [0.29, 0.717) is 23.6 Å². The standard InChI is InChI=1S/C19H17N5O2S/c1-10-14-18(21-13-3-2-8-24(13)19(14)25)27-15(10)17-22-16(23-26-17)12-6-4-11(9-20)5-7-12/h4-7H,2-3,8-9,20H2,1H3. The summed E-state index contributed by atoms with van der Waals surface area (Å²) in [5, 5.41) is 4.76. The number of thiophene rings is 1. The predicted octanol–water partition coefficient (Wildman–Crippen LogP) is 2.89. The first-order valence-electron chi connectivity index (χ1n) is 8.82. The van der Waals surface area contributed by atoms with Gasteiger partial charge in [0.05, 0.1) is 10.3 Å². The molecule has 5 rings (SSSR count). The van der Waals surface area contributed by atoms with Crippen LogP contribution in [0.15, 0.2) is 33.6 Å². The largest absolute Gasteiger partial charge is 0.333 e. The van der Waals surface area contributed by atoms with Crippen molar-refractivity contribution in [3.8, 4) is 22.2 Å². The second-order valence-corrected chi connectivity index (χ2v) is 7.65. The molecule has 0 fully saturated rings. The molecular formula is C19H17N5O2S. The minimum Gasteiger partial charge on any atom is -0.333 e. The first kappa shape index (κ1) is 16.3. The molecule has 3 aromatic heterocycles. The van der Waals surface area contributed by atoms with Gasteiger partial charge in [0.25, 0.3) is 11.4 Å². The van der Waals surface area contributed by atoms with Crippen LogP contribution in [0, 0.1) is 6.92 Å². The van der Waals surface area contributed by atoms with Crippen molar-refractivity contribution in [2.75, 3.05) is 0 Å². The highest BCUT2D eigenvalue weighted by Gasteiger charge is 2.23. The molecule has 0 saturated heterocycles. The van der Waals surface area contributed by atoms with Gasteiger partial charge in [0.1, 0.15) is 10.7 Å². The van der Waals surface area contributed by atoms with Crippen LogP contribution in [0.1, 0.15) is 23.4 Å². The Hall–Kier alpha value is -2.84. The van der Waals surface area contributed by atoms with Crippen LogP contribution in [0.2, 0.25) is 0 Å². The Morgan fingerprint density at radius 1 is 1.26 bits per heavy atom. The molecule has 0 saturated carbocycles. The van der Waals surface area contributed by atoms with Crippen molar-refractivity contribution in [2.45, 2.75) is 32.9 Å². The van der Waals surface area contributed by atoms with Crippen molar-refractivity contribution in [3.05, 3.63) is 51.6 Å². The zero-order valence-corrected chi connectivity index (χ0v) is 15.5. The van der Waals surface area contributed by atoms with E-state index in [-0.39, 0.29) is 5.56 Å². The molecule has 0 aliphatic carbocycles. The molecule has 1 aliphatic heterocycles. The molecule has 0 bridgehead atoms. The Morgan fingerprint density at radius 2 is 2.07 bits per heavy atom. The van der Waals surface area contributed by atoms with Crippen molar-refractivity contribution in [1.82, 2.24) is 19.7 Å². The minimum atomic E-state index is 0.0320. The zero-order chi connectivity index (χ0) is 18.5. The Bertz CT molecular complexity index is 1220. The Morgan fingerprint density at radius 3 is 2.85 bits per heavy atom. The van der Waals surface area contributed by atoms with Gasteiger partial charge in [0.15, 0.2) is 0 Å². The number of rotatable bonds is 3. The maximum absolute atomic E-state index is 12.8. The lowest BCUT2D eigenvalue weighted by molar-refractivity contribution is 0.433. The molecule has 2 N–H and O–H groups in total. The van der Waals surface area contributed by atoms with E-state index in [1.54, 1.807) is 4.57 Å². The first-order valence-corrected chi connectivity index (χ1v) is 9.63. The van der Waals surface area contributed by atoms with E-state index in [0.717, 1.165) is 51.6 Å². The van der Waals surface area contributed by atoms with E-state index >= 15 is 0 Å². The number of fused-ring (bicyclic) bond motifs is 2. The van der Waals surface area contributed by atoms with Crippen molar-refractivity contribution >= 4 is 21.6 Å². The molecule has 0 amide bonds. The van der Waals surface area contributed by atoms with Crippen LogP contribution in [0.25, 0.3) is 32.4 Å². The zero-order valence-electron chi connectivity index (χ0n) is 14.7. The molecule has 0 spiro atoms. The van der Waals surface area contributed by atoms with Gasteiger partial charge in [0.2, 0.25) is 5.82 Å². The number of benzene rings is 1. The lowest BCUT2D eigenvalue weighted by Crippen LogP contribution is -2.20. The molecule has 4 heterocycles. The summed E-state index contributed by atoms with van der Waals surface area (Å²) in [4.78, 5) is 23.6. The van der Waals surface area contributed by atoms with Gasteiger partial charge in [-0.05, 0) is 24.5 Å². The first-order chi connectivity index (χ1) is 13.2. The van der Waals surface area contributed by atoms with Crippen LogP contribution in [-0.2, 0) is 19.5 Å². The number of aryl methyl sites for hydroxylation is 2. The van der Waals surface area contributed by atoms with Gasteiger partial charge in [0, 0.05) is 25.1 Å². The quantitative estimate of drug-likeness (QED) is 0.587. The van der Waals surface area contributed by atoms with Crippen LogP contribution in [0.5, 0.6) is 0 Å². The maximum atomic E-state index is 12.8. The molecule has 0 radical (unpaired) electrons. The van der Waals surface area contributed by atoms with Crippen molar-refractivity contribution < 1.29 is 4.52 Å². The summed E-state index contributed by atoms with van der Waals surface area (Å²) in [6.07, 6.45) is 1.82. The summed E-state index contributed by atoms with van der Waals surface area (Å²) in [5.74, 6) is 1.79. The summed E-state index contributed by atoms with van der Waals surface area (Å²) in [6.45, 7) is 3.15. The fraction of sp³-hybridized carbons (Fsp3) is 0.263. The highest BCUT2D eigenvalue weighted by Crippen LogP contribution is 2.36. The van der Waals surface area contributed by atoms with Gasteiger partial charge >= 0.3 is 0 Å². The molecule has 1 aliphatic rings. The third kappa shape index (κ3) is 2.52. The summed E-state index contributed by atoms with van der Waals surface area (Å²) < 4.78 is 7.28. The minimum absolute atomic E-state index is 0.0320. The smallest absolute Gasteiger partial charge is 0.268 e. The van der Waals surface area contributed by atoms with Crippen LogP contribution < -0.4 is 11.3 Å². The summed E-state index contributed by atoms with van der Waals surface area (Å²) in [6, 6.07) is 7.74. The Kier molecular flexibility index (Phi) is 3.70. The molecule has 7 nitrogen and oxygen atoms in total. The van der Waals surface area contributed by atoms with Crippen molar-refractivity contribution in [3.63, 3.8) is 0 Å². The average molecular weight is 379 g/mol. The number of hydrogen-bond donors (Lipinski definition) is 1. The van der Waals surface area contributed by atoms with Crippen LogP contribution in [-0.4, -0.2) is 19.7 Å². The topological polar surface area (TPSA) is 99.8 Å². The van der Waals surface area contributed by atoms with Crippen LogP contribution in [0.4, 0.5) is 0 Å². The number of nitrogens with two attached hydrogens (primary N) is 1. The van der Waals surface area contributed by atoms with Crippen molar-refractivity contribution in [2.24, 2.45) is 5.73 Å². The van der Waals surface area contributed by atoms with Gasteiger partial charge in [-0.25, -0.2) is 4.98 Å². The highest BCUT2D eigenvalue weighted by atomic mass is 32.1. The summed E-state index contributed by atoms with van der Waals surface area (Å²) >= 11 is 1.43. The normalized spacial score (nSPS) is 13.4. The Labute approximate surface area is 158 Å². The van der Waals surface area contributed by atoms with E-state index < -0.39 is 0 Å². The third-order valence-corrected chi connectivity index (χ3v) is 6.15. The van der Waals surface area contributed by atoms with Gasteiger partial charge in [-0.15, -0.1) is 11.3 Å². The second-order valence-electron chi connectivity index (χ2n) is 6.65. The van der Waals surface area contributed by atoms with Crippen LogP contribution in [0.3, 0.4) is 0 Å². The molecule has 4 aromatic rings. The summed E-state index contributed by atoms with van der Waals surface area (Å²) in [7, 11) is 0. The number of aromatic nitrogens is 4. The van der Waals surface area contributed by atoms with E-state index in [2.05, 4.69) is 15.1 Å². The van der Waals surface area contributed by atoms with Crippen molar-refractivity contribution in [1.29, 1.82) is 0 Å². The van der Waals surface area contributed by atoms with Gasteiger partial charge in [-0.3, -0.25) is 9.36 Å². The van der Waals surface area contributed by atoms with Gasteiger partial charge < -0.3 is 10.3 Å². The fourth-order valence-corrected chi connectivity index (χ4v) is 4.61. The second kappa shape index (κ2) is 6.11. The lowest BCUT2D eigenvalue weighted by atomic mass is 10.1. The van der Waals surface area contributed by atoms with E-state index in [4.69, 9.17) is 10.3 Å². The van der Waals surface area contributed by atoms with E-state index in [1.807, 2.05) is 31.2 Å². The molecule has 27 heavy (non-hydrogen) atoms. The van der Waals surface area contributed by atoms with E-state index in [1.165, 1.54) is 11.3 Å². The molecule has 136 valence electrons. The molecule has 1 aromatic carbocycles. The molecule has 0 atom stereocenters. The lowest BCUT2D eigenvalue weighted by Gasteiger charge is -2.01. The maximum Gasteiger partial charge on any atom is 0.268 e. The molecular weight excluding hydrogens is 362 g/mol. The number of nitrogens with zero attached hydrogens (tertiary/aromatic N) is 4. The predicted molar refractivity (Wildman–Crippen MR) is 104 cm³/mol. The third-order valence-electron chi connectivity index (χ3n) is 4.98. The summed E-state index contributed by atoms with van der Waals surface area (Å²) in [5.41, 5.74) is 8.42. The van der Waals surface area contributed by atoms with E-state index in [9.17, 15) is 4.79 Å².